The van der Waals surface area contributed by atoms with Gasteiger partial charge < -0.3 is 4.90 Å². The molecule has 2 rings (SSSR count). The average Bonchev–Trinajstić information content (AvgIpc) is 2.36. The van der Waals surface area contributed by atoms with E-state index in [0.29, 0.717) is 0 Å². The van der Waals surface area contributed by atoms with Gasteiger partial charge in [0, 0.05) is 12.6 Å². The summed E-state index contributed by atoms with van der Waals surface area (Å²) in [6.07, 6.45) is 8.89. The molecule has 0 bridgehead atoms. The maximum absolute atomic E-state index is 2.71. The molecule has 1 heterocycles. The van der Waals surface area contributed by atoms with Crippen molar-refractivity contribution in [2.24, 2.45) is 11.3 Å². The Hall–Kier alpha value is -0.0400. The lowest BCUT2D eigenvalue weighted by atomic mass is 9.66. The van der Waals surface area contributed by atoms with Crippen molar-refractivity contribution in [3.05, 3.63) is 0 Å². The fraction of sp³-hybridized carbons (Fsp3) is 1.00. The Bertz CT molecular complexity index is 202. The zero-order valence-corrected chi connectivity index (χ0v) is 12.8. The van der Waals surface area contributed by atoms with Crippen LogP contribution in [0.25, 0.3) is 0 Å². The maximum Gasteiger partial charge on any atom is 0.00407 e. The summed E-state index contributed by atoms with van der Waals surface area (Å²) in [5.74, 6) is 0.991. The number of rotatable bonds is 1. The molecule has 1 saturated heterocycles. The van der Waals surface area contributed by atoms with Gasteiger partial charge in [0.05, 0.1) is 0 Å². The first-order valence-corrected chi connectivity index (χ1v) is 7.85. The topological polar surface area (TPSA) is 3.24 Å². The molecule has 0 N–H and O–H groups in total. The zero-order chi connectivity index (χ0) is 12.9. The molecule has 1 aliphatic carbocycles. The third-order valence-corrected chi connectivity index (χ3v) is 4.76. The first-order valence-electron chi connectivity index (χ1n) is 7.85. The predicted molar refractivity (Wildman–Crippen MR) is 77.4 cm³/mol. The lowest BCUT2D eigenvalue weighted by Crippen LogP contribution is -2.47. The summed E-state index contributed by atoms with van der Waals surface area (Å²) in [6.45, 7) is 13.9. The Kier molecular flexibility index (Phi) is 5.99. The molecule has 1 aliphatic heterocycles. The Labute approximate surface area is 109 Å². The van der Waals surface area contributed by atoms with Crippen molar-refractivity contribution < 1.29 is 0 Å². The van der Waals surface area contributed by atoms with Gasteiger partial charge in [-0.15, -0.1) is 0 Å². The van der Waals surface area contributed by atoms with E-state index >= 15 is 0 Å². The van der Waals surface area contributed by atoms with Crippen LogP contribution in [-0.2, 0) is 0 Å². The molecule has 2 fully saturated rings. The number of hydrogen-bond donors (Lipinski definition) is 0. The maximum atomic E-state index is 2.71. The molecule has 1 heteroatoms. The highest BCUT2D eigenvalue weighted by atomic mass is 15.2. The Balaban J connectivity index is 0.000000686. The summed E-state index contributed by atoms with van der Waals surface area (Å²) in [4.78, 5) is 2.71. The van der Waals surface area contributed by atoms with Crippen LogP contribution >= 0.6 is 0 Å². The van der Waals surface area contributed by atoms with Crippen molar-refractivity contribution in [2.45, 2.75) is 79.2 Å². The van der Waals surface area contributed by atoms with Gasteiger partial charge >= 0.3 is 0 Å². The van der Waals surface area contributed by atoms with Gasteiger partial charge in [-0.25, -0.2) is 0 Å². The van der Waals surface area contributed by atoms with E-state index in [2.05, 4.69) is 25.7 Å². The molecule has 0 unspecified atom stereocenters. The predicted octanol–water partition coefficient (Wildman–Crippen LogP) is 4.71. The molecule has 0 amide bonds. The second kappa shape index (κ2) is 6.78. The summed E-state index contributed by atoms with van der Waals surface area (Å²) < 4.78 is 0. The lowest BCUT2D eigenvalue weighted by Gasteiger charge is -2.47. The standard InChI is InChI=1S/C14H27N.C2H6/c1-12(2)15-10-4-7-14(11-15)8-5-13(3)6-9-14;1-2/h12-13H,4-11H2,1-3H3;1-2H3. The van der Waals surface area contributed by atoms with Gasteiger partial charge in [0.2, 0.25) is 0 Å². The molecule has 2 aliphatic rings. The molecular weight excluding hydrogens is 206 g/mol. The normalized spacial score (nSPS) is 34.6. The summed E-state index contributed by atoms with van der Waals surface area (Å²) in [6, 6.07) is 0.751. The van der Waals surface area contributed by atoms with Crippen molar-refractivity contribution >= 4 is 0 Å². The largest absolute Gasteiger partial charge is 0.300 e. The third kappa shape index (κ3) is 3.98. The van der Waals surface area contributed by atoms with E-state index in [-0.39, 0.29) is 0 Å². The second-order valence-corrected chi connectivity index (χ2v) is 6.35. The second-order valence-electron chi connectivity index (χ2n) is 6.35. The van der Waals surface area contributed by atoms with Gasteiger partial charge in [0.15, 0.2) is 0 Å². The highest BCUT2D eigenvalue weighted by Gasteiger charge is 2.38. The highest BCUT2D eigenvalue weighted by molar-refractivity contribution is 4.91. The van der Waals surface area contributed by atoms with Gasteiger partial charge in [-0.1, -0.05) is 33.6 Å². The zero-order valence-electron chi connectivity index (χ0n) is 12.8. The summed E-state index contributed by atoms with van der Waals surface area (Å²) in [5.41, 5.74) is 0.717. The number of nitrogens with zero attached hydrogens (tertiary/aromatic N) is 1. The van der Waals surface area contributed by atoms with Crippen molar-refractivity contribution in [3.63, 3.8) is 0 Å². The van der Waals surface area contributed by atoms with Crippen LogP contribution in [0.2, 0.25) is 0 Å². The fourth-order valence-electron chi connectivity index (χ4n) is 3.47. The molecule has 0 radical (unpaired) electrons. The number of piperidine rings is 1. The number of hydrogen-bond acceptors (Lipinski definition) is 1. The van der Waals surface area contributed by atoms with Crippen LogP contribution in [-0.4, -0.2) is 24.0 Å². The smallest absolute Gasteiger partial charge is 0.00407 e. The van der Waals surface area contributed by atoms with Crippen LogP contribution < -0.4 is 0 Å². The third-order valence-electron chi connectivity index (χ3n) is 4.76. The van der Waals surface area contributed by atoms with Gasteiger partial charge in [-0.2, -0.15) is 0 Å². The van der Waals surface area contributed by atoms with E-state index in [4.69, 9.17) is 0 Å². The van der Waals surface area contributed by atoms with Crippen LogP contribution in [0.1, 0.15) is 73.1 Å². The Morgan fingerprint density at radius 1 is 1.06 bits per heavy atom. The lowest BCUT2D eigenvalue weighted by molar-refractivity contribution is 0.0266. The summed E-state index contributed by atoms with van der Waals surface area (Å²) in [7, 11) is 0. The minimum Gasteiger partial charge on any atom is -0.300 e. The molecule has 1 saturated carbocycles. The van der Waals surface area contributed by atoms with E-state index in [1.807, 2.05) is 13.8 Å². The Morgan fingerprint density at radius 2 is 1.65 bits per heavy atom. The van der Waals surface area contributed by atoms with Crippen LogP contribution in [0.5, 0.6) is 0 Å². The minimum atomic E-state index is 0.717. The molecule has 17 heavy (non-hydrogen) atoms. The van der Waals surface area contributed by atoms with E-state index < -0.39 is 0 Å². The van der Waals surface area contributed by atoms with Crippen LogP contribution in [0.15, 0.2) is 0 Å². The SMILES string of the molecule is CC.CC1CCC2(CCCN(C(C)C)C2)CC1. The van der Waals surface area contributed by atoms with E-state index in [9.17, 15) is 0 Å². The highest BCUT2D eigenvalue weighted by Crippen LogP contribution is 2.45. The van der Waals surface area contributed by atoms with Gasteiger partial charge in [0.1, 0.15) is 0 Å². The van der Waals surface area contributed by atoms with Gasteiger partial charge in [-0.05, 0) is 57.4 Å². The molecule has 0 aromatic carbocycles. The van der Waals surface area contributed by atoms with E-state index in [1.54, 1.807) is 0 Å². The Morgan fingerprint density at radius 3 is 2.18 bits per heavy atom. The summed E-state index contributed by atoms with van der Waals surface area (Å²) in [5, 5.41) is 0. The molecular formula is C16H33N. The van der Waals surface area contributed by atoms with Gasteiger partial charge in [-0.3, -0.25) is 0 Å². The van der Waals surface area contributed by atoms with Crippen molar-refractivity contribution in [2.75, 3.05) is 13.1 Å². The van der Waals surface area contributed by atoms with E-state index in [1.165, 1.54) is 51.6 Å². The van der Waals surface area contributed by atoms with E-state index in [0.717, 1.165) is 17.4 Å². The molecule has 1 spiro atoms. The van der Waals surface area contributed by atoms with Crippen molar-refractivity contribution in [3.8, 4) is 0 Å². The molecule has 0 aromatic rings. The minimum absolute atomic E-state index is 0.717. The van der Waals surface area contributed by atoms with Crippen molar-refractivity contribution in [1.82, 2.24) is 4.90 Å². The van der Waals surface area contributed by atoms with Crippen LogP contribution in [0.3, 0.4) is 0 Å². The molecule has 102 valence electrons. The van der Waals surface area contributed by atoms with Gasteiger partial charge in [0.25, 0.3) is 0 Å². The monoisotopic (exact) mass is 239 g/mol. The van der Waals surface area contributed by atoms with Crippen molar-refractivity contribution in [1.29, 1.82) is 0 Å². The average molecular weight is 239 g/mol. The first-order chi connectivity index (χ1) is 8.11. The quantitative estimate of drug-likeness (QED) is 0.640. The summed E-state index contributed by atoms with van der Waals surface area (Å²) >= 11 is 0. The first kappa shape index (κ1) is 15.0. The molecule has 0 atom stereocenters. The number of likely N-dealkylation sites (tertiary alicyclic amines) is 1. The van der Waals surface area contributed by atoms with Crippen LogP contribution in [0, 0.1) is 11.3 Å². The molecule has 1 nitrogen and oxygen atoms in total. The fourth-order valence-corrected chi connectivity index (χ4v) is 3.47. The van der Waals surface area contributed by atoms with Crippen LogP contribution in [0.4, 0.5) is 0 Å². The molecule has 0 aromatic heterocycles.